The Kier molecular flexibility index (Phi) is 2.73. The molecule has 0 amide bonds. The second-order valence-corrected chi connectivity index (χ2v) is 4.75. The van der Waals surface area contributed by atoms with Crippen molar-refractivity contribution in [2.24, 2.45) is 0 Å². The Morgan fingerprint density at radius 1 is 1.12 bits per heavy atom. The van der Waals surface area contributed by atoms with Crippen LogP contribution in [0, 0.1) is 0 Å². The van der Waals surface area contributed by atoms with Gasteiger partial charge in [0.2, 0.25) is 0 Å². The molecule has 3 heteroatoms. The van der Waals surface area contributed by atoms with Gasteiger partial charge >= 0.3 is 0 Å². The molecule has 0 N–H and O–H groups in total. The van der Waals surface area contributed by atoms with E-state index in [1.54, 1.807) is 0 Å². The van der Waals surface area contributed by atoms with Gasteiger partial charge in [0, 0.05) is 12.3 Å². The number of hydrogen-bond donors (Lipinski definition) is 0. The lowest BCUT2D eigenvalue weighted by Gasteiger charge is -2.34. The molecule has 1 unspecified atom stereocenters. The Labute approximate surface area is 101 Å². The summed E-state index contributed by atoms with van der Waals surface area (Å²) in [5.41, 5.74) is 1.12. The Morgan fingerprint density at radius 2 is 1.82 bits per heavy atom. The number of ether oxygens (including phenoxy) is 2. The van der Waals surface area contributed by atoms with Gasteiger partial charge in [0.25, 0.3) is 0 Å². The van der Waals surface area contributed by atoms with E-state index in [1.807, 2.05) is 30.3 Å². The monoisotopic (exact) mass is 232 g/mol. The van der Waals surface area contributed by atoms with Gasteiger partial charge in [-0.1, -0.05) is 30.3 Å². The van der Waals surface area contributed by atoms with Gasteiger partial charge in [0.15, 0.2) is 5.79 Å². The number of benzene rings is 1. The fourth-order valence-electron chi connectivity index (χ4n) is 2.78. The molecule has 1 aliphatic carbocycles. The SMILES string of the molecule is O=C1CC2(CCC1c1ccccc1)OCCO2. The third-order valence-corrected chi connectivity index (χ3v) is 3.66. The van der Waals surface area contributed by atoms with E-state index < -0.39 is 5.79 Å². The number of carbonyl (C=O) groups excluding carboxylic acids is 1. The van der Waals surface area contributed by atoms with Crippen LogP contribution >= 0.6 is 0 Å². The van der Waals surface area contributed by atoms with E-state index in [1.165, 1.54) is 0 Å². The van der Waals surface area contributed by atoms with Crippen LogP contribution in [0.3, 0.4) is 0 Å². The fraction of sp³-hybridized carbons (Fsp3) is 0.500. The van der Waals surface area contributed by atoms with Crippen molar-refractivity contribution in [2.75, 3.05) is 13.2 Å². The average Bonchev–Trinajstić information content (AvgIpc) is 2.79. The fourth-order valence-corrected chi connectivity index (χ4v) is 2.78. The van der Waals surface area contributed by atoms with Crippen LogP contribution in [-0.4, -0.2) is 24.8 Å². The molecular formula is C14H16O3. The van der Waals surface area contributed by atoms with Gasteiger partial charge in [-0.15, -0.1) is 0 Å². The van der Waals surface area contributed by atoms with E-state index in [-0.39, 0.29) is 11.7 Å². The lowest BCUT2D eigenvalue weighted by atomic mass is 9.80. The minimum atomic E-state index is -0.595. The number of Topliss-reactive ketones (excluding diaryl/α,β-unsaturated/α-hetero) is 1. The summed E-state index contributed by atoms with van der Waals surface area (Å²) >= 11 is 0. The van der Waals surface area contributed by atoms with E-state index in [0.29, 0.717) is 19.6 Å². The van der Waals surface area contributed by atoms with Crippen molar-refractivity contribution in [3.63, 3.8) is 0 Å². The van der Waals surface area contributed by atoms with Gasteiger partial charge < -0.3 is 9.47 Å². The summed E-state index contributed by atoms with van der Waals surface area (Å²) in [5.74, 6) is -0.332. The van der Waals surface area contributed by atoms with Crippen LogP contribution in [0.1, 0.15) is 30.7 Å². The van der Waals surface area contributed by atoms with Crippen LogP contribution in [0.2, 0.25) is 0 Å². The van der Waals surface area contributed by atoms with Gasteiger partial charge in [-0.2, -0.15) is 0 Å². The van der Waals surface area contributed by atoms with Crippen molar-refractivity contribution in [1.29, 1.82) is 0 Å². The third kappa shape index (κ3) is 2.01. The minimum Gasteiger partial charge on any atom is -0.347 e. The topological polar surface area (TPSA) is 35.5 Å². The van der Waals surface area contributed by atoms with Crippen molar-refractivity contribution in [3.05, 3.63) is 35.9 Å². The van der Waals surface area contributed by atoms with E-state index in [2.05, 4.69) is 0 Å². The first-order valence-electron chi connectivity index (χ1n) is 6.15. The molecule has 3 rings (SSSR count). The zero-order valence-corrected chi connectivity index (χ0v) is 9.72. The molecule has 1 atom stereocenters. The molecule has 0 aromatic heterocycles. The Balaban J connectivity index is 1.77. The third-order valence-electron chi connectivity index (χ3n) is 3.66. The standard InChI is InChI=1S/C14H16O3/c15-13-10-14(16-8-9-17-14)7-6-12(13)11-4-2-1-3-5-11/h1-5,12H,6-10H2. The Morgan fingerprint density at radius 3 is 2.47 bits per heavy atom. The van der Waals surface area contributed by atoms with Gasteiger partial charge in [-0.3, -0.25) is 4.79 Å². The predicted molar refractivity (Wildman–Crippen MR) is 62.7 cm³/mol. The van der Waals surface area contributed by atoms with Crippen molar-refractivity contribution in [2.45, 2.75) is 31.0 Å². The molecular weight excluding hydrogens is 216 g/mol. The molecule has 1 aliphatic heterocycles. The number of ketones is 1. The molecule has 1 heterocycles. The molecule has 2 fully saturated rings. The van der Waals surface area contributed by atoms with Crippen molar-refractivity contribution >= 4 is 5.78 Å². The second kappa shape index (κ2) is 4.24. The lowest BCUT2D eigenvalue weighted by Crippen LogP contribution is -2.39. The normalized spacial score (nSPS) is 27.5. The van der Waals surface area contributed by atoms with Crippen molar-refractivity contribution in [3.8, 4) is 0 Å². The van der Waals surface area contributed by atoms with E-state index in [0.717, 1.165) is 18.4 Å². The first-order valence-corrected chi connectivity index (χ1v) is 6.15. The van der Waals surface area contributed by atoms with Crippen molar-refractivity contribution < 1.29 is 14.3 Å². The van der Waals surface area contributed by atoms with Crippen LogP contribution in [0.5, 0.6) is 0 Å². The summed E-state index contributed by atoms with van der Waals surface area (Å²) in [6, 6.07) is 9.99. The quantitative estimate of drug-likeness (QED) is 0.745. The van der Waals surface area contributed by atoms with Crippen LogP contribution in [0.25, 0.3) is 0 Å². The largest absolute Gasteiger partial charge is 0.347 e. The highest BCUT2D eigenvalue weighted by atomic mass is 16.7. The predicted octanol–water partition coefficient (Wildman–Crippen LogP) is 2.27. The van der Waals surface area contributed by atoms with Crippen LogP contribution in [0.15, 0.2) is 30.3 Å². The second-order valence-electron chi connectivity index (χ2n) is 4.75. The number of carbonyl (C=O) groups is 1. The average molecular weight is 232 g/mol. The molecule has 0 radical (unpaired) electrons. The minimum absolute atomic E-state index is 0.0228. The maximum Gasteiger partial charge on any atom is 0.175 e. The smallest absolute Gasteiger partial charge is 0.175 e. The van der Waals surface area contributed by atoms with E-state index in [4.69, 9.17) is 9.47 Å². The Hall–Kier alpha value is -1.19. The highest BCUT2D eigenvalue weighted by Crippen LogP contribution is 2.40. The molecule has 90 valence electrons. The lowest BCUT2D eigenvalue weighted by molar-refractivity contribution is -0.182. The summed E-state index contributed by atoms with van der Waals surface area (Å²) in [5, 5.41) is 0. The van der Waals surface area contributed by atoms with Crippen LogP contribution < -0.4 is 0 Å². The summed E-state index contributed by atoms with van der Waals surface area (Å²) in [4.78, 5) is 12.2. The number of rotatable bonds is 1. The zero-order valence-electron chi connectivity index (χ0n) is 9.72. The molecule has 0 bridgehead atoms. The Bertz CT molecular complexity index is 407. The van der Waals surface area contributed by atoms with Crippen molar-refractivity contribution in [1.82, 2.24) is 0 Å². The molecule has 1 saturated heterocycles. The van der Waals surface area contributed by atoms with E-state index >= 15 is 0 Å². The maximum atomic E-state index is 12.2. The summed E-state index contributed by atoms with van der Waals surface area (Å²) < 4.78 is 11.2. The number of hydrogen-bond acceptors (Lipinski definition) is 3. The van der Waals surface area contributed by atoms with E-state index in [9.17, 15) is 4.79 Å². The molecule has 3 nitrogen and oxygen atoms in total. The maximum absolute atomic E-state index is 12.2. The molecule has 1 aromatic carbocycles. The molecule has 2 aliphatic rings. The highest BCUT2D eigenvalue weighted by Gasteiger charge is 2.44. The van der Waals surface area contributed by atoms with Gasteiger partial charge in [0.1, 0.15) is 5.78 Å². The molecule has 1 aromatic rings. The van der Waals surface area contributed by atoms with Crippen LogP contribution in [0.4, 0.5) is 0 Å². The molecule has 17 heavy (non-hydrogen) atoms. The van der Waals surface area contributed by atoms with Gasteiger partial charge in [0.05, 0.1) is 19.6 Å². The molecule has 1 saturated carbocycles. The van der Waals surface area contributed by atoms with Gasteiger partial charge in [-0.25, -0.2) is 0 Å². The summed E-state index contributed by atoms with van der Waals surface area (Å²) in [6.07, 6.45) is 2.04. The first kappa shape index (κ1) is 10.9. The van der Waals surface area contributed by atoms with Crippen LogP contribution in [-0.2, 0) is 14.3 Å². The summed E-state index contributed by atoms with van der Waals surface area (Å²) in [7, 11) is 0. The highest BCUT2D eigenvalue weighted by molar-refractivity contribution is 5.87. The molecule has 1 spiro atoms. The first-order chi connectivity index (χ1) is 8.29. The summed E-state index contributed by atoms with van der Waals surface area (Å²) in [6.45, 7) is 1.23. The zero-order chi connectivity index (χ0) is 11.7. The van der Waals surface area contributed by atoms with Gasteiger partial charge in [-0.05, 0) is 12.0 Å².